The number of aliphatic hydroxyl groups is 1. The molecule has 1 aliphatic heterocycles. The summed E-state index contributed by atoms with van der Waals surface area (Å²) >= 11 is 0. The first-order chi connectivity index (χ1) is 21.3. The van der Waals surface area contributed by atoms with Gasteiger partial charge in [0, 0.05) is 0 Å². The van der Waals surface area contributed by atoms with Gasteiger partial charge in [-0.2, -0.15) is 0 Å². The zero-order valence-corrected chi connectivity index (χ0v) is 23.3. The Balaban J connectivity index is 1.44. The molecule has 10 nitrogen and oxygen atoms in total. The number of hydrogen-bond acceptors (Lipinski definition) is 10. The van der Waals surface area contributed by atoms with E-state index in [9.17, 15) is 24.3 Å². The van der Waals surface area contributed by atoms with Gasteiger partial charge in [-0.1, -0.05) is 72.8 Å². The molecule has 0 radical (unpaired) electrons. The summed E-state index contributed by atoms with van der Waals surface area (Å²) in [6, 6.07) is 32.1. The molecule has 44 heavy (non-hydrogen) atoms. The summed E-state index contributed by atoms with van der Waals surface area (Å²) in [5.41, 5.74) is 0.768. The third-order valence-electron chi connectivity index (χ3n) is 6.77. The Labute approximate surface area is 252 Å². The number of rotatable bonds is 10. The first kappa shape index (κ1) is 30.1. The van der Waals surface area contributed by atoms with Gasteiger partial charge >= 0.3 is 23.9 Å². The van der Waals surface area contributed by atoms with Crippen LogP contribution in [0.5, 0.6) is 0 Å². The second-order valence-corrected chi connectivity index (χ2v) is 9.84. The van der Waals surface area contributed by atoms with E-state index in [1.165, 1.54) is 36.4 Å². The topological polar surface area (TPSA) is 135 Å². The molecule has 0 saturated carbocycles. The van der Waals surface area contributed by atoms with Crippen LogP contribution < -0.4 is 0 Å². The van der Waals surface area contributed by atoms with Crippen molar-refractivity contribution in [1.82, 2.24) is 0 Å². The van der Waals surface area contributed by atoms with E-state index in [0.29, 0.717) is 0 Å². The van der Waals surface area contributed by atoms with Crippen LogP contribution in [0, 0.1) is 0 Å². The number of esters is 4. The third-order valence-corrected chi connectivity index (χ3v) is 6.77. The average molecular weight is 597 g/mol. The van der Waals surface area contributed by atoms with Crippen molar-refractivity contribution in [3.05, 3.63) is 144 Å². The molecule has 4 aromatic rings. The maximum absolute atomic E-state index is 13.2. The maximum atomic E-state index is 13.2. The molecule has 1 aliphatic rings. The standard InChI is InChI=1S/C34H28O10/c35-30(23-13-5-1-6-14-23)40-21-27-28(42-32(37)25-17-9-3-10-18-25)29(43-33(38)26-19-11-4-12-20-26)34(39,44-27)22-41-31(36)24-15-7-2-8-16-24/h1-20,27-29,39H,21-22H2/t27-,28+,29+,34+/m1/s1. The van der Waals surface area contributed by atoms with Crippen LogP contribution in [0.25, 0.3) is 0 Å². The Morgan fingerprint density at radius 2 is 0.955 bits per heavy atom. The van der Waals surface area contributed by atoms with E-state index in [1.54, 1.807) is 84.9 Å². The molecular weight excluding hydrogens is 568 g/mol. The molecule has 0 unspecified atom stereocenters. The molecule has 4 atom stereocenters. The average Bonchev–Trinajstić information content (AvgIpc) is 3.33. The molecule has 0 bridgehead atoms. The van der Waals surface area contributed by atoms with Crippen LogP contribution in [0.4, 0.5) is 0 Å². The first-order valence-corrected chi connectivity index (χ1v) is 13.7. The Morgan fingerprint density at radius 3 is 1.41 bits per heavy atom. The zero-order chi connectivity index (χ0) is 30.9. The van der Waals surface area contributed by atoms with Gasteiger partial charge in [-0.25, -0.2) is 19.2 Å². The van der Waals surface area contributed by atoms with E-state index in [-0.39, 0.29) is 22.3 Å². The van der Waals surface area contributed by atoms with Crippen LogP contribution in [0.15, 0.2) is 121 Å². The van der Waals surface area contributed by atoms with Gasteiger partial charge in [-0.05, 0) is 48.5 Å². The fraction of sp³-hybridized carbons (Fsp3) is 0.176. The molecule has 5 rings (SSSR count). The summed E-state index contributed by atoms with van der Waals surface area (Å²) < 4.78 is 28.1. The Morgan fingerprint density at radius 1 is 0.568 bits per heavy atom. The lowest BCUT2D eigenvalue weighted by Crippen LogP contribution is -2.51. The van der Waals surface area contributed by atoms with Gasteiger partial charge < -0.3 is 28.8 Å². The van der Waals surface area contributed by atoms with Crippen molar-refractivity contribution < 1.29 is 48.0 Å². The Kier molecular flexibility index (Phi) is 9.43. The minimum atomic E-state index is -2.50. The lowest BCUT2D eigenvalue weighted by atomic mass is 10.0. The van der Waals surface area contributed by atoms with Crippen molar-refractivity contribution in [1.29, 1.82) is 0 Å². The molecule has 1 N–H and O–H groups in total. The van der Waals surface area contributed by atoms with Gasteiger partial charge in [0.15, 0.2) is 12.2 Å². The van der Waals surface area contributed by atoms with Gasteiger partial charge in [0.2, 0.25) is 5.79 Å². The van der Waals surface area contributed by atoms with Crippen molar-refractivity contribution in [3.8, 4) is 0 Å². The molecule has 0 amide bonds. The van der Waals surface area contributed by atoms with E-state index in [0.717, 1.165) is 0 Å². The van der Waals surface area contributed by atoms with E-state index in [2.05, 4.69) is 0 Å². The molecule has 0 spiro atoms. The van der Waals surface area contributed by atoms with Crippen LogP contribution in [0.2, 0.25) is 0 Å². The van der Waals surface area contributed by atoms with E-state index < -0.39 is 61.2 Å². The first-order valence-electron chi connectivity index (χ1n) is 13.7. The molecule has 0 aromatic heterocycles. The van der Waals surface area contributed by atoms with Crippen LogP contribution in [0.3, 0.4) is 0 Å². The highest BCUT2D eigenvalue weighted by atomic mass is 16.7. The number of benzene rings is 4. The van der Waals surface area contributed by atoms with Crippen LogP contribution >= 0.6 is 0 Å². The monoisotopic (exact) mass is 596 g/mol. The fourth-order valence-electron chi connectivity index (χ4n) is 4.56. The number of ether oxygens (including phenoxy) is 5. The third kappa shape index (κ3) is 7.17. The minimum Gasteiger partial charge on any atom is -0.459 e. The van der Waals surface area contributed by atoms with Gasteiger partial charge in [0.1, 0.15) is 19.3 Å². The molecule has 1 fully saturated rings. The van der Waals surface area contributed by atoms with Crippen molar-refractivity contribution in [2.24, 2.45) is 0 Å². The maximum Gasteiger partial charge on any atom is 0.338 e. The molecule has 10 heteroatoms. The van der Waals surface area contributed by atoms with Gasteiger partial charge in [0.05, 0.1) is 22.3 Å². The number of hydrogen-bond donors (Lipinski definition) is 1. The second-order valence-electron chi connectivity index (χ2n) is 9.84. The van der Waals surface area contributed by atoms with Crippen LogP contribution in [-0.2, 0) is 23.7 Å². The summed E-state index contributed by atoms with van der Waals surface area (Å²) in [6.45, 7) is -1.31. The SMILES string of the molecule is O=C(OC[C@H]1O[C@@](O)(COC(=O)c2ccccc2)[C@@H](OC(=O)c2ccccc2)[C@H]1OC(=O)c1ccccc1)c1ccccc1. The second kappa shape index (κ2) is 13.8. The highest BCUT2D eigenvalue weighted by Gasteiger charge is 2.60. The normalized spacial score (nSPS) is 20.7. The molecule has 1 saturated heterocycles. The minimum absolute atomic E-state index is 0.142. The predicted molar refractivity (Wildman–Crippen MR) is 155 cm³/mol. The van der Waals surface area contributed by atoms with Crippen molar-refractivity contribution in [2.45, 2.75) is 24.1 Å². The van der Waals surface area contributed by atoms with Crippen molar-refractivity contribution >= 4 is 23.9 Å². The Hall–Kier alpha value is -5.32. The van der Waals surface area contributed by atoms with Crippen molar-refractivity contribution in [2.75, 3.05) is 13.2 Å². The summed E-state index contributed by atoms with van der Waals surface area (Å²) in [6.07, 6.45) is -4.52. The molecule has 4 aromatic carbocycles. The lowest BCUT2D eigenvalue weighted by molar-refractivity contribution is -0.247. The lowest BCUT2D eigenvalue weighted by Gasteiger charge is -2.29. The Bertz CT molecular complexity index is 1580. The fourth-order valence-corrected chi connectivity index (χ4v) is 4.56. The number of carbonyl (C=O) groups is 4. The largest absolute Gasteiger partial charge is 0.459 e. The van der Waals surface area contributed by atoms with Gasteiger partial charge in [-0.15, -0.1) is 0 Å². The molecule has 0 aliphatic carbocycles. The zero-order valence-electron chi connectivity index (χ0n) is 23.3. The summed E-state index contributed by atoms with van der Waals surface area (Å²) in [4.78, 5) is 51.8. The summed E-state index contributed by atoms with van der Waals surface area (Å²) in [5, 5.41) is 11.7. The van der Waals surface area contributed by atoms with Crippen molar-refractivity contribution in [3.63, 3.8) is 0 Å². The molecule has 1 heterocycles. The highest BCUT2D eigenvalue weighted by molar-refractivity contribution is 5.91. The van der Waals surface area contributed by atoms with E-state index >= 15 is 0 Å². The smallest absolute Gasteiger partial charge is 0.338 e. The highest BCUT2D eigenvalue weighted by Crippen LogP contribution is 2.36. The number of carbonyl (C=O) groups excluding carboxylic acids is 4. The summed E-state index contributed by atoms with van der Waals surface area (Å²) in [7, 11) is 0. The van der Waals surface area contributed by atoms with Gasteiger partial charge in [-0.3, -0.25) is 0 Å². The quantitative estimate of drug-likeness (QED) is 0.209. The van der Waals surface area contributed by atoms with Crippen LogP contribution in [0.1, 0.15) is 41.4 Å². The van der Waals surface area contributed by atoms with Gasteiger partial charge in [0.25, 0.3) is 0 Å². The van der Waals surface area contributed by atoms with E-state index in [4.69, 9.17) is 23.7 Å². The van der Waals surface area contributed by atoms with E-state index in [1.807, 2.05) is 0 Å². The molecular formula is C34H28O10. The summed E-state index contributed by atoms with van der Waals surface area (Å²) in [5.74, 6) is -5.67. The molecule has 224 valence electrons. The predicted octanol–water partition coefficient (Wildman–Crippen LogP) is 4.24. The van der Waals surface area contributed by atoms with Crippen LogP contribution in [-0.4, -0.2) is 66.3 Å².